The summed E-state index contributed by atoms with van der Waals surface area (Å²) < 4.78 is 65.4. The van der Waals surface area contributed by atoms with Crippen LogP contribution in [-0.4, -0.2) is 129 Å². The normalized spacial score (nSPS) is 21.2. The average molecular weight is 991 g/mol. The van der Waals surface area contributed by atoms with Crippen molar-refractivity contribution in [2.24, 2.45) is 13.0 Å². The second-order valence-electron chi connectivity index (χ2n) is 20.7. The molecule has 11 rings (SSSR count). The Morgan fingerprint density at radius 1 is 0.778 bits per heavy atom. The molecule has 0 radical (unpaired) electrons. The van der Waals surface area contributed by atoms with Gasteiger partial charge in [0.05, 0.1) is 28.7 Å². The van der Waals surface area contributed by atoms with Gasteiger partial charge in [-0.05, 0) is 112 Å². The van der Waals surface area contributed by atoms with E-state index in [0.717, 1.165) is 56.8 Å². The van der Waals surface area contributed by atoms with Gasteiger partial charge in [-0.1, -0.05) is 0 Å². The third-order valence-electron chi connectivity index (χ3n) is 16.4. The predicted molar refractivity (Wildman–Crippen MR) is 261 cm³/mol. The molecule has 0 bridgehead atoms. The second kappa shape index (κ2) is 18.9. The van der Waals surface area contributed by atoms with Crippen LogP contribution in [0.1, 0.15) is 90.0 Å². The highest BCUT2D eigenvalue weighted by Gasteiger charge is 2.61. The van der Waals surface area contributed by atoms with Crippen molar-refractivity contribution in [3.63, 3.8) is 0 Å². The zero-order chi connectivity index (χ0) is 50.2. The minimum atomic E-state index is -0.832. The van der Waals surface area contributed by atoms with Crippen LogP contribution in [0.4, 0.5) is 28.9 Å². The molecule has 2 N–H and O–H groups in total. The lowest BCUT2D eigenvalue weighted by Crippen LogP contribution is -2.54. The lowest BCUT2D eigenvalue weighted by atomic mass is 9.87. The number of rotatable bonds is 11. The molecule has 6 aliphatic rings. The van der Waals surface area contributed by atoms with E-state index in [2.05, 4.69) is 30.3 Å². The zero-order valence-corrected chi connectivity index (χ0v) is 40.5. The molecule has 1 spiro atoms. The minimum absolute atomic E-state index is 0.0119. The Kier molecular flexibility index (Phi) is 12.5. The van der Waals surface area contributed by atoms with Crippen molar-refractivity contribution in [2.75, 3.05) is 76.2 Å². The van der Waals surface area contributed by atoms with Crippen LogP contribution in [0.5, 0.6) is 0 Å². The third kappa shape index (κ3) is 8.65. The van der Waals surface area contributed by atoms with Crippen LogP contribution in [0.25, 0.3) is 16.7 Å². The van der Waals surface area contributed by atoms with Crippen LogP contribution in [0.15, 0.2) is 59.7 Å². The third-order valence-corrected chi connectivity index (χ3v) is 16.4. The number of carbonyl (C=O) groups excluding carboxylic acids is 4. The molecule has 15 nitrogen and oxygen atoms in total. The SMILES string of the molecule is CNc1cc(=O)n(-c2ccnc3c2cc(CN2CCC(c4c(F)cc(C(=O)N5CCC(CN6CCN(Cc7cc8c(cc7F)N([C@@H]7CCC(=O)NC7=O)C(=O)C87CC7)CC6)CC5)cc4F)CC2)n3C)cc1F. The molecule has 1 atom stereocenters. The van der Waals surface area contributed by atoms with Crippen molar-refractivity contribution >= 4 is 46.0 Å². The summed E-state index contributed by atoms with van der Waals surface area (Å²) in [6, 6.07) is 9.61. The fourth-order valence-electron chi connectivity index (χ4n) is 12.1. The standard InChI is InChI=1S/C53H58F4N10O5/c1-58-42-26-47(69)66(30-41(42)57)43-5-12-59-49-36(43)24-35(61(49)2)29-62-13-8-32(9-14-62)48-39(55)22-33(23-40(48)56)51(71)65-15-6-31(7-16-65)27-63-17-19-64(20-18-63)28-34-21-37-45(25-38(34)54)67(52(72)53(37)10-11-53)44-3-4-46(68)60-50(44)70/h5,12,21-26,30-32,44,58H,3-4,6-11,13-20,27-29H2,1-2H3,(H,60,68,70)/t44-/m1/s1. The van der Waals surface area contributed by atoms with Gasteiger partial charge in [-0.2, -0.15) is 0 Å². The summed E-state index contributed by atoms with van der Waals surface area (Å²) in [4.78, 5) is 79.3. The number of piperidine rings is 3. The number of amides is 4. The molecule has 4 amide bonds. The number of aryl methyl sites for hydroxylation is 1. The monoisotopic (exact) mass is 990 g/mol. The maximum Gasteiger partial charge on any atom is 0.257 e. The summed E-state index contributed by atoms with van der Waals surface area (Å²) in [5.74, 6) is -3.84. The number of imide groups is 1. The number of benzene rings is 2. The number of pyridine rings is 2. The average Bonchev–Trinajstić information content (AvgIpc) is 4.07. The number of aromatic nitrogens is 3. The minimum Gasteiger partial charge on any atom is -0.386 e. The molecule has 0 unspecified atom stereocenters. The van der Waals surface area contributed by atoms with Gasteiger partial charge in [0.1, 0.15) is 29.1 Å². The van der Waals surface area contributed by atoms with E-state index in [-0.39, 0.29) is 58.9 Å². The Balaban J connectivity index is 0.651. The summed E-state index contributed by atoms with van der Waals surface area (Å²) in [6.07, 6.45) is 6.98. The number of carbonyl (C=O) groups is 4. The number of nitrogens with one attached hydrogen (secondary N) is 2. The van der Waals surface area contributed by atoms with Crippen LogP contribution in [0.2, 0.25) is 0 Å². The maximum atomic E-state index is 15.9. The molecule has 72 heavy (non-hydrogen) atoms. The number of fused-ring (bicyclic) bond motifs is 3. The van der Waals surface area contributed by atoms with Gasteiger partial charge in [0.25, 0.3) is 11.5 Å². The summed E-state index contributed by atoms with van der Waals surface area (Å²) in [7, 11) is 3.43. The van der Waals surface area contributed by atoms with Gasteiger partial charge in [-0.25, -0.2) is 22.5 Å². The number of hydrogen-bond donors (Lipinski definition) is 2. The van der Waals surface area contributed by atoms with Crippen molar-refractivity contribution in [1.29, 1.82) is 0 Å². The van der Waals surface area contributed by atoms with Crippen molar-refractivity contribution < 1.29 is 36.7 Å². The van der Waals surface area contributed by atoms with Gasteiger partial charge < -0.3 is 19.7 Å². The first kappa shape index (κ1) is 47.9. The van der Waals surface area contributed by atoms with E-state index in [0.29, 0.717) is 98.8 Å². The molecule has 4 saturated heterocycles. The van der Waals surface area contributed by atoms with E-state index < -0.39 is 40.6 Å². The highest BCUT2D eigenvalue weighted by atomic mass is 19.1. The number of anilines is 2. The molecule has 1 aliphatic carbocycles. The Morgan fingerprint density at radius 2 is 1.47 bits per heavy atom. The van der Waals surface area contributed by atoms with E-state index in [1.54, 1.807) is 24.2 Å². The van der Waals surface area contributed by atoms with Gasteiger partial charge in [0.2, 0.25) is 17.7 Å². The number of hydrogen-bond acceptors (Lipinski definition) is 10. The number of halogens is 4. The number of likely N-dealkylation sites (tertiary alicyclic amines) is 2. The highest BCUT2D eigenvalue weighted by molar-refractivity contribution is 6.15. The fraction of sp³-hybridized carbons (Fsp3) is 0.472. The summed E-state index contributed by atoms with van der Waals surface area (Å²) in [5, 5.41) is 5.71. The summed E-state index contributed by atoms with van der Waals surface area (Å²) in [5.41, 5.74) is 2.84. The molecular formula is C53H58F4N10O5. The molecular weight excluding hydrogens is 933 g/mol. The first-order valence-electron chi connectivity index (χ1n) is 25.2. The first-order chi connectivity index (χ1) is 34.7. The Labute approximate surface area is 413 Å². The van der Waals surface area contributed by atoms with Gasteiger partial charge in [-0.15, -0.1) is 0 Å². The van der Waals surface area contributed by atoms with E-state index in [1.165, 1.54) is 39.9 Å². The molecule has 5 aromatic rings. The van der Waals surface area contributed by atoms with Crippen LogP contribution in [-0.2, 0) is 39.9 Å². The van der Waals surface area contributed by atoms with Crippen LogP contribution in [0, 0.1) is 29.2 Å². The smallest absolute Gasteiger partial charge is 0.257 e. The molecule has 8 heterocycles. The van der Waals surface area contributed by atoms with Gasteiger partial charge in [-0.3, -0.25) is 48.6 Å². The molecule has 378 valence electrons. The van der Waals surface area contributed by atoms with Crippen molar-refractivity contribution in [2.45, 2.75) is 81.8 Å². The molecule has 1 saturated carbocycles. The van der Waals surface area contributed by atoms with Gasteiger partial charge >= 0.3 is 0 Å². The van der Waals surface area contributed by atoms with Crippen molar-refractivity contribution in [3.8, 4) is 5.69 Å². The molecule has 2 aromatic carbocycles. The highest BCUT2D eigenvalue weighted by Crippen LogP contribution is 2.58. The zero-order valence-electron chi connectivity index (χ0n) is 40.5. The predicted octanol–water partition coefficient (Wildman–Crippen LogP) is 5.56. The van der Waals surface area contributed by atoms with Crippen molar-refractivity contribution in [1.82, 2.24) is 39.0 Å². The Hall–Kier alpha value is -6.44. The topological polar surface area (TPSA) is 148 Å². The first-order valence-corrected chi connectivity index (χ1v) is 25.2. The van der Waals surface area contributed by atoms with E-state index in [9.17, 15) is 28.4 Å². The Morgan fingerprint density at radius 3 is 2.15 bits per heavy atom. The van der Waals surface area contributed by atoms with E-state index in [1.807, 2.05) is 23.7 Å². The van der Waals surface area contributed by atoms with E-state index >= 15 is 13.2 Å². The molecule has 3 aromatic heterocycles. The van der Waals surface area contributed by atoms with Gasteiger partial charge in [0, 0.05) is 119 Å². The lowest BCUT2D eigenvalue weighted by molar-refractivity contribution is -0.135. The summed E-state index contributed by atoms with van der Waals surface area (Å²) in [6.45, 7) is 7.02. The number of piperazine rings is 1. The maximum absolute atomic E-state index is 15.9. The van der Waals surface area contributed by atoms with E-state index in [4.69, 9.17) is 0 Å². The summed E-state index contributed by atoms with van der Waals surface area (Å²) >= 11 is 0. The van der Waals surface area contributed by atoms with Crippen LogP contribution >= 0.6 is 0 Å². The quantitative estimate of drug-likeness (QED) is 0.128. The van der Waals surface area contributed by atoms with Crippen LogP contribution in [0.3, 0.4) is 0 Å². The number of nitrogens with zero attached hydrogens (tertiary/aromatic N) is 8. The Bertz CT molecular complexity index is 3050. The largest absolute Gasteiger partial charge is 0.386 e. The lowest BCUT2D eigenvalue weighted by Gasteiger charge is -2.39. The molecule has 5 aliphatic heterocycles. The fourth-order valence-corrected chi connectivity index (χ4v) is 12.1. The van der Waals surface area contributed by atoms with Gasteiger partial charge in [0.15, 0.2) is 5.82 Å². The molecule has 19 heteroatoms. The van der Waals surface area contributed by atoms with Crippen molar-refractivity contribution in [3.05, 3.63) is 116 Å². The molecule has 5 fully saturated rings. The second-order valence-corrected chi connectivity index (χ2v) is 20.7. The van der Waals surface area contributed by atoms with Crippen LogP contribution < -0.4 is 21.1 Å².